The molecule has 3 saturated heterocycles. The fourth-order valence-electron chi connectivity index (χ4n) is 6.93. The molecule has 0 bridgehead atoms. The summed E-state index contributed by atoms with van der Waals surface area (Å²) in [5.41, 5.74) is 2.37. The van der Waals surface area contributed by atoms with Crippen LogP contribution in [0.5, 0.6) is 5.75 Å². The fraction of sp³-hybridized carbons (Fsp3) is 0.405. The number of nitrogens with zero attached hydrogens (tertiary/aromatic N) is 7. The average molecular weight is 751 g/mol. The molecule has 274 valence electrons. The van der Waals surface area contributed by atoms with Crippen LogP contribution >= 0.6 is 23.2 Å². The van der Waals surface area contributed by atoms with Crippen LogP contribution in [-0.2, 0) is 26.6 Å². The maximum Gasteiger partial charge on any atom is 0.332 e. The van der Waals surface area contributed by atoms with Crippen LogP contribution in [0.1, 0.15) is 25.8 Å². The molecule has 3 amide bonds. The Hall–Kier alpha value is -4.40. The lowest BCUT2D eigenvalue weighted by Gasteiger charge is -2.37. The van der Waals surface area contributed by atoms with Gasteiger partial charge in [0, 0.05) is 61.3 Å². The van der Waals surface area contributed by atoms with Gasteiger partial charge in [-0.25, -0.2) is 19.4 Å². The van der Waals surface area contributed by atoms with Crippen LogP contribution in [0.25, 0.3) is 0 Å². The van der Waals surface area contributed by atoms with E-state index in [1.54, 1.807) is 43.1 Å². The van der Waals surface area contributed by atoms with Crippen LogP contribution in [0, 0.1) is 0 Å². The largest absolute Gasteiger partial charge is 0.491 e. The first-order valence-electron chi connectivity index (χ1n) is 17.3. The molecule has 3 aliphatic rings. The zero-order valence-corrected chi connectivity index (χ0v) is 30.5. The van der Waals surface area contributed by atoms with Crippen LogP contribution in [-0.4, -0.2) is 101 Å². The molecule has 3 fully saturated rings. The lowest BCUT2D eigenvalue weighted by atomic mass is 10.0. The van der Waals surface area contributed by atoms with Gasteiger partial charge >= 0.3 is 6.03 Å². The van der Waals surface area contributed by atoms with Gasteiger partial charge in [-0.05, 0) is 80.9 Å². The van der Waals surface area contributed by atoms with E-state index in [9.17, 15) is 14.7 Å². The van der Waals surface area contributed by atoms with Gasteiger partial charge in [0.05, 0.1) is 17.3 Å². The SMILES string of the molecule is CC1(C)C(=O)N(c2ccc(N3CCN(c4ccc(OC[C@@H]5CO[C@@](Cn6cncn6)(c6ccc(Cl)cc6Cl)O5)cc4)CC3)cc2)C(=O)N1CCCO. The van der Waals surface area contributed by atoms with Crippen molar-refractivity contribution in [3.63, 3.8) is 0 Å². The fourth-order valence-corrected chi connectivity index (χ4v) is 7.48. The van der Waals surface area contributed by atoms with Crippen molar-refractivity contribution in [1.82, 2.24) is 19.7 Å². The maximum absolute atomic E-state index is 13.2. The molecule has 1 aromatic heterocycles. The van der Waals surface area contributed by atoms with Crippen molar-refractivity contribution >= 4 is 52.2 Å². The molecule has 2 atom stereocenters. The summed E-state index contributed by atoms with van der Waals surface area (Å²) in [6, 6.07) is 20.5. The Labute approximate surface area is 312 Å². The van der Waals surface area contributed by atoms with Gasteiger partial charge in [-0.2, -0.15) is 5.10 Å². The molecule has 1 N–H and O–H groups in total. The molecule has 0 saturated carbocycles. The summed E-state index contributed by atoms with van der Waals surface area (Å²) in [5.74, 6) is -0.724. The van der Waals surface area contributed by atoms with Crippen LogP contribution in [0.15, 0.2) is 79.4 Å². The monoisotopic (exact) mass is 749 g/mol. The average Bonchev–Trinajstić information content (AvgIpc) is 3.85. The Morgan fingerprint density at radius 3 is 2.19 bits per heavy atom. The number of hydrogen-bond acceptors (Lipinski definition) is 10. The molecular formula is C37H41Cl2N7O6. The molecule has 7 rings (SSSR count). The minimum Gasteiger partial charge on any atom is -0.491 e. The van der Waals surface area contributed by atoms with Gasteiger partial charge in [0.1, 0.15) is 43.2 Å². The number of benzene rings is 3. The zero-order chi connectivity index (χ0) is 36.5. The summed E-state index contributed by atoms with van der Waals surface area (Å²) in [7, 11) is 0. The second-order valence-electron chi connectivity index (χ2n) is 13.5. The van der Waals surface area contributed by atoms with Crippen molar-refractivity contribution < 1.29 is 28.9 Å². The number of hydrogen-bond donors (Lipinski definition) is 1. The highest BCUT2D eigenvalue weighted by molar-refractivity contribution is 6.35. The first-order chi connectivity index (χ1) is 25.1. The Morgan fingerprint density at radius 2 is 1.58 bits per heavy atom. The molecule has 13 nitrogen and oxygen atoms in total. The predicted octanol–water partition coefficient (Wildman–Crippen LogP) is 5.19. The van der Waals surface area contributed by atoms with E-state index in [1.807, 2.05) is 36.4 Å². The van der Waals surface area contributed by atoms with Gasteiger partial charge in [-0.15, -0.1) is 0 Å². The summed E-state index contributed by atoms with van der Waals surface area (Å²) in [4.78, 5) is 37.8. The highest BCUT2D eigenvalue weighted by Crippen LogP contribution is 2.41. The van der Waals surface area contributed by atoms with Crippen LogP contribution in [0.4, 0.5) is 21.9 Å². The Balaban J connectivity index is 0.919. The molecule has 3 aromatic carbocycles. The first kappa shape index (κ1) is 36.0. The molecule has 4 heterocycles. The van der Waals surface area contributed by atoms with Crippen molar-refractivity contribution in [2.24, 2.45) is 0 Å². The quantitative estimate of drug-likeness (QED) is 0.194. The number of anilines is 3. The Morgan fingerprint density at radius 1 is 0.923 bits per heavy atom. The first-order valence-corrected chi connectivity index (χ1v) is 18.0. The van der Waals surface area contributed by atoms with Gasteiger partial charge in [-0.1, -0.05) is 29.3 Å². The number of imide groups is 1. The molecule has 0 unspecified atom stereocenters. The normalized spacial score (nSPS) is 21.8. The highest BCUT2D eigenvalue weighted by atomic mass is 35.5. The summed E-state index contributed by atoms with van der Waals surface area (Å²) in [6.45, 7) is 7.88. The molecule has 0 radical (unpaired) electrons. The van der Waals surface area contributed by atoms with Crippen molar-refractivity contribution in [2.75, 3.05) is 67.2 Å². The van der Waals surface area contributed by atoms with E-state index in [-0.39, 0.29) is 37.8 Å². The Kier molecular flexibility index (Phi) is 10.3. The number of aliphatic hydroxyl groups is 1. The van der Waals surface area contributed by atoms with E-state index in [0.717, 1.165) is 43.3 Å². The number of carbonyl (C=O) groups is 2. The number of amides is 3. The van der Waals surface area contributed by atoms with Crippen LogP contribution < -0.4 is 19.4 Å². The molecule has 3 aliphatic heterocycles. The maximum atomic E-state index is 13.2. The van der Waals surface area contributed by atoms with E-state index in [1.165, 1.54) is 16.1 Å². The number of aromatic nitrogens is 3. The van der Waals surface area contributed by atoms with Gasteiger partial charge in [0.25, 0.3) is 5.91 Å². The minimum absolute atomic E-state index is 0.0419. The highest BCUT2D eigenvalue weighted by Gasteiger charge is 2.51. The van der Waals surface area contributed by atoms with Crippen molar-refractivity contribution in [3.05, 3.63) is 95.0 Å². The van der Waals surface area contributed by atoms with E-state index >= 15 is 0 Å². The Bertz CT molecular complexity index is 1870. The molecule has 0 spiro atoms. The van der Waals surface area contributed by atoms with E-state index in [4.69, 9.17) is 37.4 Å². The number of carbonyl (C=O) groups excluding carboxylic acids is 2. The lowest BCUT2D eigenvalue weighted by molar-refractivity contribution is -0.190. The molecular weight excluding hydrogens is 709 g/mol. The van der Waals surface area contributed by atoms with Crippen molar-refractivity contribution in [2.45, 2.75) is 44.2 Å². The standard InChI is InChI=1S/C37H41Cl2N7O6/c1-36(2)34(48)46(35(49)45(36)14-3-19-47)29-7-5-27(6-8-29)42-15-17-43(18-16-42)28-9-11-30(12-10-28)50-21-31-22-51-37(52-31,23-44-25-40-24-41-44)32-13-4-26(38)20-33(32)39/h4-13,20,24-25,31,47H,3,14-19,21-23H2,1-2H3/t31-,37-/m1/s1. The predicted molar refractivity (Wildman–Crippen MR) is 197 cm³/mol. The van der Waals surface area contributed by atoms with E-state index in [0.29, 0.717) is 40.9 Å². The molecule has 15 heteroatoms. The van der Waals surface area contributed by atoms with Gasteiger partial charge in [0.2, 0.25) is 5.79 Å². The summed E-state index contributed by atoms with van der Waals surface area (Å²) in [5, 5.41) is 14.4. The van der Waals surface area contributed by atoms with E-state index < -0.39 is 11.3 Å². The number of urea groups is 1. The second kappa shape index (κ2) is 14.9. The number of piperazine rings is 1. The smallest absolute Gasteiger partial charge is 0.332 e. The van der Waals surface area contributed by atoms with Gasteiger partial charge in [-0.3, -0.25) is 4.79 Å². The third-order valence-corrected chi connectivity index (χ3v) is 10.3. The number of halogens is 2. The van der Waals surface area contributed by atoms with Gasteiger partial charge in [0.15, 0.2) is 0 Å². The summed E-state index contributed by atoms with van der Waals surface area (Å²) in [6.07, 6.45) is 3.12. The van der Waals surface area contributed by atoms with E-state index in [2.05, 4.69) is 32.0 Å². The summed E-state index contributed by atoms with van der Waals surface area (Å²) >= 11 is 12.7. The number of rotatable bonds is 12. The lowest BCUT2D eigenvalue weighted by Crippen LogP contribution is -2.46. The third kappa shape index (κ3) is 7.15. The van der Waals surface area contributed by atoms with Gasteiger partial charge < -0.3 is 34.0 Å². The van der Waals surface area contributed by atoms with Crippen molar-refractivity contribution in [3.8, 4) is 5.75 Å². The topological polar surface area (TPSA) is 126 Å². The summed E-state index contributed by atoms with van der Waals surface area (Å²) < 4.78 is 20.5. The molecule has 4 aromatic rings. The third-order valence-electron chi connectivity index (χ3n) is 9.79. The second-order valence-corrected chi connectivity index (χ2v) is 14.4. The number of ether oxygens (including phenoxy) is 3. The molecule has 52 heavy (non-hydrogen) atoms. The zero-order valence-electron chi connectivity index (χ0n) is 29.0. The van der Waals surface area contributed by atoms with Crippen molar-refractivity contribution in [1.29, 1.82) is 0 Å². The minimum atomic E-state index is -1.18. The molecule has 0 aliphatic carbocycles. The number of aliphatic hydroxyl groups excluding tert-OH is 1. The van der Waals surface area contributed by atoms with Crippen LogP contribution in [0.2, 0.25) is 10.0 Å². The van der Waals surface area contributed by atoms with Crippen LogP contribution in [0.3, 0.4) is 0 Å².